The van der Waals surface area contributed by atoms with Crippen molar-refractivity contribution >= 4 is 0 Å². The molecule has 2 N–H and O–H groups in total. The molecule has 0 spiro atoms. The fourth-order valence-corrected chi connectivity index (χ4v) is 2.77. The van der Waals surface area contributed by atoms with E-state index in [9.17, 15) is 0 Å². The van der Waals surface area contributed by atoms with E-state index in [0.29, 0.717) is 12.1 Å². The monoisotopic (exact) mass is 277 g/mol. The van der Waals surface area contributed by atoms with E-state index >= 15 is 0 Å². The van der Waals surface area contributed by atoms with Gasteiger partial charge in [-0.2, -0.15) is 0 Å². The average molecular weight is 277 g/mol. The van der Waals surface area contributed by atoms with Crippen molar-refractivity contribution in [2.75, 3.05) is 13.7 Å². The summed E-state index contributed by atoms with van der Waals surface area (Å²) in [4.78, 5) is 0. The predicted octanol–water partition coefficient (Wildman–Crippen LogP) is 3.30. The Hall–Kier alpha value is -1.06. The molecule has 3 nitrogen and oxygen atoms in total. The molecule has 2 unspecified atom stereocenters. The van der Waals surface area contributed by atoms with E-state index < -0.39 is 0 Å². The van der Waals surface area contributed by atoms with Gasteiger partial charge in [0, 0.05) is 12.6 Å². The van der Waals surface area contributed by atoms with Crippen molar-refractivity contribution < 1.29 is 9.47 Å². The molecule has 2 rings (SSSR count). The molecule has 1 aliphatic heterocycles. The molecule has 0 aliphatic carbocycles. The van der Waals surface area contributed by atoms with Gasteiger partial charge in [-0.15, -0.1) is 0 Å². The number of rotatable bonds is 8. The summed E-state index contributed by atoms with van der Waals surface area (Å²) in [6.45, 7) is 0.953. The lowest BCUT2D eigenvalue weighted by Crippen LogP contribution is -2.21. The standard InChI is InChI=1S/C17H27NO2/c1-19-16-11-8-14(9-12-16)7-10-15(18)4-2-5-17-6-3-13-20-17/h8-9,11-12,15,17H,2-7,10,13,18H2,1H3. The maximum absolute atomic E-state index is 6.20. The van der Waals surface area contributed by atoms with Gasteiger partial charge in [0.05, 0.1) is 13.2 Å². The largest absolute Gasteiger partial charge is 0.497 e. The maximum atomic E-state index is 6.20. The van der Waals surface area contributed by atoms with Gasteiger partial charge >= 0.3 is 0 Å². The molecule has 1 saturated heterocycles. The van der Waals surface area contributed by atoms with Crippen LogP contribution in [0, 0.1) is 0 Å². The van der Waals surface area contributed by atoms with E-state index in [0.717, 1.165) is 31.6 Å². The zero-order valence-electron chi connectivity index (χ0n) is 12.5. The van der Waals surface area contributed by atoms with Crippen LogP contribution in [0.4, 0.5) is 0 Å². The highest BCUT2D eigenvalue weighted by Gasteiger charge is 2.15. The molecule has 1 aromatic rings. The van der Waals surface area contributed by atoms with Crippen LogP contribution in [0.25, 0.3) is 0 Å². The summed E-state index contributed by atoms with van der Waals surface area (Å²) in [6.07, 6.45) is 8.54. The Kier molecular flexibility index (Phi) is 6.34. The van der Waals surface area contributed by atoms with Crippen molar-refractivity contribution in [3.05, 3.63) is 29.8 Å². The lowest BCUT2D eigenvalue weighted by Gasteiger charge is -2.13. The third-order valence-electron chi connectivity index (χ3n) is 4.09. The minimum atomic E-state index is 0.304. The van der Waals surface area contributed by atoms with Gasteiger partial charge in [0.15, 0.2) is 0 Å². The SMILES string of the molecule is COc1ccc(CCC(N)CCCC2CCCO2)cc1. The zero-order chi connectivity index (χ0) is 14.2. The Morgan fingerprint density at radius 1 is 1.30 bits per heavy atom. The number of hydrogen-bond acceptors (Lipinski definition) is 3. The van der Waals surface area contributed by atoms with Crippen LogP contribution in [0.5, 0.6) is 5.75 Å². The molecule has 0 radical (unpaired) electrons. The van der Waals surface area contributed by atoms with Crippen molar-refractivity contribution in [1.29, 1.82) is 0 Å². The number of aryl methyl sites for hydroxylation is 1. The third-order valence-corrected chi connectivity index (χ3v) is 4.09. The number of hydrogen-bond donors (Lipinski definition) is 1. The topological polar surface area (TPSA) is 44.5 Å². The quantitative estimate of drug-likeness (QED) is 0.793. The summed E-state index contributed by atoms with van der Waals surface area (Å²) >= 11 is 0. The second kappa shape index (κ2) is 8.28. The van der Waals surface area contributed by atoms with Crippen LogP contribution in [0.1, 0.15) is 44.1 Å². The fourth-order valence-electron chi connectivity index (χ4n) is 2.77. The minimum absolute atomic E-state index is 0.304. The molecular weight excluding hydrogens is 250 g/mol. The molecule has 20 heavy (non-hydrogen) atoms. The van der Waals surface area contributed by atoms with Crippen molar-refractivity contribution in [2.45, 2.75) is 57.1 Å². The molecule has 0 amide bonds. The van der Waals surface area contributed by atoms with Gasteiger partial charge in [-0.05, 0) is 62.6 Å². The Labute approximate surface area is 122 Å². The zero-order valence-corrected chi connectivity index (χ0v) is 12.5. The summed E-state index contributed by atoms with van der Waals surface area (Å²) in [7, 11) is 1.69. The van der Waals surface area contributed by atoms with Crippen molar-refractivity contribution in [3.63, 3.8) is 0 Å². The van der Waals surface area contributed by atoms with Gasteiger partial charge in [-0.3, -0.25) is 0 Å². The normalized spacial score (nSPS) is 20.0. The molecule has 0 bridgehead atoms. The highest BCUT2D eigenvalue weighted by molar-refractivity contribution is 5.27. The first-order chi connectivity index (χ1) is 9.78. The molecule has 1 aliphatic rings. The second-order valence-corrected chi connectivity index (χ2v) is 5.71. The third kappa shape index (κ3) is 5.14. The summed E-state index contributed by atoms with van der Waals surface area (Å²) in [5.74, 6) is 0.912. The highest BCUT2D eigenvalue weighted by Crippen LogP contribution is 2.19. The average Bonchev–Trinajstić information content (AvgIpc) is 2.99. The van der Waals surface area contributed by atoms with Crippen molar-refractivity contribution in [1.82, 2.24) is 0 Å². The molecular formula is C17H27NO2. The van der Waals surface area contributed by atoms with E-state index in [1.807, 2.05) is 12.1 Å². The van der Waals surface area contributed by atoms with Crippen LogP contribution < -0.4 is 10.5 Å². The van der Waals surface area contributed by atoms with E-state index in [2.05, 4.69) is 12.1 Å². The van der Waals surface area contributed by atoms with Crippen LogP contribution >= 0.6 is 0 Å². The van der Waals surface area contributed by atoms with Crippen molar-refractivity contribution in [2.24, 2.45) is 5.73 Å². The molecule has 3 heteroatoms. The molecule has 0 aromatic heterocycles. The maximum Gasteiger partial charge on any atom is 0.118 e. The van der Waals surface area contributed by atoms with Gasteiger partial charge in [0.2, 0.25) is 0 Å². The van der Waals surface area contributed by atoms with Crippen LogP contribution in [0.3, 0.4) is 0 Å². The first-order valence-corrected chi connectivity index (χ1v) is 7.78. The van der Waals surface area contributed by atoms with E-state index in [-0.39, 0.29) is 0 Å². The van der Waals surface area contributed by atoms with E-state index in [4.69, 9.17) is 15.2 Å². The number of nitrogens with two attached hydrogens (primary N) is 1. The lowest BCUT2D eigenvalue weighted by molar-refractivity contribution is 0.101. The predicted molar refractivity (Wildman–Crippen MR) is 82.1 cm³/mol. The molecule has 0 saturated carbocycles. The summed E-state index contributed by atoms with van der Waals surface area (Å²) in [5, 5.41) is 0. The Bertz CT molecular complexity index is 371. The molecule has 1 fully saturated rings. The first kappa shape index (κ1) is 15.3. The molecule has 2 atom stereocenters. The minimum Gasteiger partial charge on any atom is -0.497 e. The number of benzene rings is 1. The van der Waals surface area contributed by atoms with Crippen LogP contribution in [0.2, 0.25) is 0 Å². The van der Waals surface area contributed by atoms with Gasteiger partial charge < -0.3 is 15.2 Å². The van der Waals surface area contributed by atoms with Crippen molar-refractivity contribution in [3.8, 4) is 5.75 Å². The Balaban J connectivity index is 1.59. The number of methoxy groups -OCH3 is 1. The smallest absolute Gasteiger partial charge is 0.118 e. The second-order valence-electron chi connectivity index (χ2n) is 5.71. The summed E-state index contributed by atoms with van der Waals surface area (Å²) < 4.78 is 10.8. The van der Waals surface area contributed by atoms with Crippen LogP contribution in [-0.2, 0) is 11.2 Å². The van der Waals surface area contributed by atoms with Crippen LogP contribution in [0.15, 0.2) is 24.3 Å². The molecule has 1 heterocycles. The summed E-state index contributed by atoms with van der Waals surface area (Å²) in [5.41, 5.74) is 7.53. The van der Waals surface area contributed by atoms with Gasteiger partial charge in [-0.25, -0.2) is 0 Å². The van der Waals surface area contributed by atoms with E-state index in [1.165, 1.54) is 31.2 Å². The Morgan fingerprint density at radius 3 is 2.75 bits per heavy atom. The first-order valence-electron chi connectivity index (χ1n) is 7.78. The number of ether oxygens (including phenoxy) is 2. The molecule has 112 valence electrons. The van der Waals surface area contributed by atoms with Gasteiger partial charge in [0.25, 0.3) is 0 Å². The van der Waals surface area contributed by atoms with E-state index in [1.54, 1.807) is 7.11 Å². The Morgan fingerprint density at radius 2 is 2.10 bits per heavy atom. The fraction of sp³-hybridized carbons (Fsp3) is 0.647. The van der Waals surface area contributed by atoms with Gasteiger partial charge in [0.1, 0.15) is 5.75 Å². The molecule has 1 aromatic carbocycles. The van der Waals surface area contributed by atoms with Gasteiger partial charge in [-0.1, -0.05) is 12.1 Å². The van der Waals surface area contributed by atoms with Crippen LogP contribution in [-0.4, -0.2) is 25.9 Å². The highest BCUT2D eigenvalue weighted by atomic mass is 16.5. The lowest BCUT2D eigenvalue weighted by atomic mass is 10.00. The summed E-state index contributed by atoms with van der Waals surface area (Å²) in [6, 6.07) is 8.57.